The van der Waals surface area contributed by atoms with Crippen molar-refractivity contribution >= 4 is 23.7 Å². The van der Waals surface area contributed by atoms with E-state index in [2.05, 4.69) is 0 Å². The van der Waals surface area contributed by atoms with Crippen molar-refractivity contribution < 1.29 is 19.8 Å². The van der Waals surface area contributed by atoms with E-state index in [0.29, 0.717) is 12.2 Å². The van der Waals surface area contributed by atoms with E-state index in [1.807, 2.05) is 0 Å². The minimum atomic E-state index is -0.874. The lowest BCUT2D eigenvalue weighted by atomic mass is 9.94. The third kappa shape index (κ3) is 2.91. The van der Waals surface area contributed by atoms with Crippen molar-refractivity contribution in [2.75, 3.05) is 11.5 Å². The first kappa shape index (κ1) is 10.4. The van der Waals surface area contributed by atoms with Gasteiger partial charge in [0.15, 0.2) is 0 Å². The van der Waals surface area contributed by atoms with Crippen molar-refractivity contribution in [2.45, 2.75) is 12.8 Å². The summed E-state index contributed by atoms with van der Waals surface area (Å²) in [6, 6.07) is 0. The van der Waals surface area contributed by atoms with Crippen LogP contribution in [0.3, 0.4) is 0 Å². The van der Waals surface area contributed by atoms with Gasteiger partial charge in [-0.05, 0) is 18.6 Å². The summed E-state index contributed by atoms with van der Waals surface area (Å²) < 4.78 is 0. The molecule has 0 spiro atoms. The SMILES string of the molecule is O=C(O)C1CCSCC(C(=O)O)C1. The molecule has 0 aromatic heterocycles. The highest BCUT2D eigenvalue weighted by molar-refractivity contribution is 7.99. The first-order valence-corrected chi connectivity index (χ1v) is 5.30. The quantitative estimate of drug-likeness (QED) is 0.699. The maximum atomic E-state index is 10.7. The van der Waals surface area contributed by atoms with Crippen LogP contribution in [0.1, 0.15) is 12.8 Å². The predicted octanol–water partition coefficient (Wildman–Crippen LogP) is 0.915. The van der Waals surface area contributed by atoms with Crippen LogP contribution in [0.25, 0.3) is 0 Å². The molecule has 0 aliphatic carbocycles. The highest BCUT2D eigenvalue weighted by Gasteiger charge is 2.29. The maximum Gasteiger partial charge on any atom is 0.307 e. The molecular weight excluding hydrogens is 192 g/mol. The second kappa shape index (κ2) is 4.50. The zero-order chi connectivity index (χ0) is 9.84. The first-order valence-electron chi connectivity index (χ1n) is 4.14. The number of carboxylic acids is 2. The largest absolute Gasteiger partial charge is 0.481 e. The minimum Gasteiger partial charge on any atom is -0.481 e. The molecule has 2 unspecified atom stereocenters. The van der Waals surface area contributed by atoms with Gasteiger partial charge in [-0.15, -0.1) is 0 Å². The van der Waals surface area contributed by atoms with Gasteiger partial charge >= 0.3 is 11.9 Å². The third-order valence-corrected chi connectivity index (χ3v) is 3.36. The van der Waals surface area contributed by atoms with E-state index in [1.54, 1.807) is 0 Å². The van der Waals surface area contributed by atoms with Crippen molar-refractivity contribution in [3.05, 3.63) is 0 Å². The summed E-state index contributed by atoms with van der Waals surface area (Å²) in [7, 11) is 0. The zero-order valence-corrected chi connectivity index (χ0v) is 7.92. The van der Waals surface area contributed by atoms with Gasteiger partial charge in [0.25, 0.3) is 0 Å². The van der Waals surface area contributed by atoms with Gasteiger partial charge in [-0.1, -0.05) is 0 Å². The first-order chi connectivity index (χ1) is 6.11. The monoisotopic (exact) mass is 204 g/mol. The molecule has 13 heavy (non-hydrogen) atoms. The Morgan fingerprint density at radius 3 is 2.31 bits per heavy atom. The average Bonchev–Trinajstić information content (AvgIpc) is 2.28. The van der Waals surface area contributed by atoms with E-state index in [1.165, 1.54) is 11.8 Å². The highest BCUT2D eigenvalue weighted by Crippen LogP contribution is 2.26. The van der Waals surface area contributed by atoms with Gasteiger partial charge < -0.3 is 10.2 Å². The van der Waals surface area contributed by atoms with E-state index >= 15 is 0 Å². The summed E-state index contributed by atoms with van der Waals surface area (Å²) in [6.07, 6.45) is 0.863. The Hall–Kier alpha value is -0.710. The fourth-order valence-electron chi connectivity index (χ4n) is 1.38. The third-order valence-electron chi connectivity index (χ3n) is 2.20. The molecule has 1 rings (SSSR count). The van der Waals surface area contributed by atoms with Crippen molar-refractivity contribution in [2.24, 2.45) is 11.8 Å². The second-order valence-electron chi connectivity index (χ2n) is 3.17. The fourth-order valence-corrected chi connectivity index (χ4v) is 2.56. The number of aliphatic carboxylic acids is 2. The Morgan fingerprint density at radius 2 is 1.77 bits per heavy atom. The van der Waals surface area contributed by atoms with Crippen LogP contribution < -0.4 is 0 Å². The van der Waals surface area contributed by atoms with Gasteiger partial charge in [0.05, 0.1) is 11.8 Å². The van der Waals surface area contributed by atoms with Gasteiger partial charge in [0, 0.05) is 5.75 Å². The molecule has 2 N–H and O–H groups in total. The molecule has 0 radical (unpaired) electrons. The molecule has 0 aromatic rings. The normalized spacial score (nSPS) is 29.2. The molecular formula is C8H12O4S. The number of hydrogen-bond acceptors (Lipinski definition) is 3. The van der Waals surface area contributed by atoms with Crippen LogP contribution in [-0.2, 0) is 9.59 Å². The number of carboxylic acid groups (broad SMARTS) is 2. The summed E-state index contributed by atoms with van der Waals surface area (Å²) in [5, 5.41) is 17.5. The van der Waals surface area contributed by atoms with Crippen LogP contribution in [0.4, 0.5) is 0 Å². The molecule has 4 nitrogen and oxygen atoms in total. The summed E-state index contributed by atoms with van der Waals surface area (Å²) in [6.45, 7) is 0. The molecule has 1 aliphatic rings. The molecule has 0 saturated carbocycles. The van der Waals surface area contributed by atoms with Gasteiger partial charge in [-0.3, -0.25) is 9.59 Å². The Kier molecular flexibility index (Phi) is 3.59. The van der Waals surface area contributed by atoms with Crippen LogP contribution in [0.5, 0.6) is 0 Å². The Labute approximate surface area is 80.3 Å². The van der Waals surface area contributed by atoms with E-state index in [0.717, 1.165) is 5.75 Å². The van der Waals surface area contributed by atoms with Gasteiger partial charge in [0.2, 0.25) is 0 Å². The molecule has 0 bridgehead atoms. The lowest BCUT2D eigenvalue weighted by Crippen LogP contribution is -2.22. The van der Waals surface area contributed by atoms with Crippen molar-refractivity contribution in [3.8, 4) is 0 Å². The number of carbonyl (C=O) groups is 2. The highest BCUT2D eigenvalue weighted by atomic mass is 32.2. The molecule has 1 heterocycles. The molecule has 1 fully saturated rings. The van der Waals surface area contributed by atoms with Gasteiger partial charge in [-0.25, -0.2) is 0 Å². The Morgan fingerprint density at radius 1 is 1.15 bits per heavy atom. The molecule has 2 atom stereocenters. The smallest absolute Gasteiger partial charge is 0.307 e. The Balaban J connectivity index is 2.59. The summed E-state index contributed by atoms with van der Waals surface area (Å²) in [5.74, 6) is -1.42. The van der Waals surface area contributed by atoms with Crippen LogP contribution >= 0.6 is 11.8 Å². The van der Waals surface area contributed by atoms with E-state index in [-0.39, 0.29) is 6.42 Å². The molecule has 5 heteroatoms. The summed E-state index contributed by atoms with van der Waals surface area (Å²) >= 11 is 1.53. The zero-order valence-electron chi connectivity index (χ0n) is 7.10. The molecule has 1 aliphatic heterocycles. The van der Waals surface area contributed by atoms with Gasteiger partial charge in [0.1, 0.15) is 0 Å². The molecule has 0 aromatic carbocycles. The molecule has 0 amide bonds. The van der Waals surface area contributed by atoms with E-state index in [9.17, 15) is 9.59 Å². The standard InChI is InChI=1S/C8H12O4S/c9-7(10)5-1-2-13-4-6(3-5)8(11)12/h5-6H,1-4H2,(H,9,10)(H,11,12). The van der Waals surface area contributed by atoms with E-state index < -0.39 is 23.8 Å². The second-order valence-corrected chi connectivity index (χ2v) is 4.32. The van der Waals surface area contributed by atoms with Crippen molar-refractivity contribution in [3.63, 3.8) is 0 Å². The average molecular weight is 204 g/mol. The van der Waals surface area contributed by atoms with Crippen LogP contribution in [0, 0.1) is 11.8 Å². The topological polar surface area (TPSA) is 74.6 Å². The van der Waals surface area contributed by atoms with Crippen LogP contribution in [0.2, 0.25) is 0 Å². The van der Waals surface area contributed by atoms with Crippen molar-refractivity contribution in [1.29, 1.82) is 0 Å². The maximum absolute atomic E-state index is 10.7. The van der Waals surface area contributed by atoms with Gasteiger partial charge in [-0.2, -0.15) is 11.8 Å². The fraction of sp³-hybridized carbons (Fsp3) is 0.750. The van der Waals surface area contributed by atoms with Crippen LogP contribution in [-0.4, -0.2) is 33.7 Å². The molecule has 1 saturated heterocycles. The number of hydrogen-bond donors (Lipinski definition) is 2. The lowest BCUT2D eigenvalue weighted by Gasteiger charge is -2.11. The van der Waals surface area contributed by atoms with E-state index in [4.69, 9.17) is 10.2 Å². The summed E-state index contributed by atoms with van der Waals surface area (Å²) in [4.78, 5) is 21.3. The van der Waals surface area contributed by atoms with Crippen molar-refractivity contribution in [1.82, 2.24) is 0 Å². The minimum absolute atomic E-state index is 0.275. The molecule has 74 valence electrons. The lowest BCUT2D eigenvalue weighted by molar-refractivity contribution is -0.145. The Bertz CT molecular complexity index is 194. The summed E-state index contributed by atoms with van der Waals surface area (Å²) in [5.41, 5.74) is 0. The number of thioether (sulfide) groups is 1. The van der Waals surface area contributed by atoms with Crippen LogP contribution in [0.15, 0.2) is 0 Å². The predicted molar refractivity (Wildman–Crippen MR) is 48.8 cm³/mol. The number of rotatable bonds is 2.